The Kier molecular flexibility index (Phi) is 4.95. The summed E-state index contributed by atoms with van der Waals surface area (Å²) in [5.41, 5.74) is 5.29. The molecule has 0 aliphatic heterocycles. The second kappa shape index (κ2) is 7.94. The first kappa shape index (κ1) is 20.0. The molecule has 2 heterocycles. The molecule has 0 amide bonds. The molecule has 3 aromatic carbocycles. The number of pyridine rings is 1. The summed E-state index contributed by atoms with van der Waals surface area (Å²) in [6.45, 7) is 1.99. The van der Waals surface area contributed by atoms with Gasteiger partial charge in [-0.05, 0) is 67.1 Å². The smallest absolute Gasteiger partial charge is 0.166 e. The van der Waals surface area contributed by atoms with Gasteiger partial charge in [-0.2, -0.15) is 0 Å². The molecule has 2 N–H and O–H groups in total. The van der Waals surface area contributed by atoms with Crippen LogP contribution in [0.5, 0.6) is 5.75 Å². The van der Waals surface area contributed by atoms with Crippen molar-refractivity contribution in [3.8, 4) is 22.8 Å². The number of aromatic nitrogens is 4. The number of anilines is 2. The number of hydrogen-bond acceptors (Lipinski definition) is 5. The molecule has 0 fully saturated rings. The molecule has 0 spiro atoms. The molecule has 0 aliphatic carbocycles. The maximum absolute atomic E-state index is 13.7. The molecule has 0 saturated heterocycles. The minimum Gasteiger partial charge on any atom is -0.505 e. The number of aryl methyl sites for hydroxylation is 1. The van der Waals surface area contributed by atoms with E-state index in [-0.39, 0.29) is 0 Å². The summed E-state index contributed by atoms with van der Waals surface area (Å²) >= 11 is 6.19. The van der Waals surface area contributed by atoms with Crippen molar-refractivity contribution in [2.75, 3.05) is 5.32 Å². The van der Waals surface area contributed by atoms with E-state index in [1.807, 2.05) is 55.5 Å². The van der Waals surface area contributed by atoms with Gasteiger partial charge in [0, 0.05) is 27.8 Å². The number of nitrogens with one attached hydrogen (secondary N) is 1. The summed E-state index contributed by atoms with van der Waals surface area (Å²) in [4.78, 5) is 4.73. The molecule has 5 rings (SSSR count). The van der Waals surface area contributed by atoms with Crippen molar-refractivity contribution in [3.63, 3.8) is 0 Å². The molecule has 2 aromatic heterocycles. The predicted molar refractivity (Wildman–Crippen MR) is 123 cm³/mol. The number of hydrogen-bond donors (Lipinski definition) is 2. The number of benzene rings is 3. The molecule has 0 radical (unpaired) electrons. The predicted octanol–water partition coefficient (Wildman–Crippen LogP) is 6.03. The molecular formula is C24H17ClFN5O. The molecule has 6 nitrogen and oxygen atoms in total. The molecule has 0 unspecified atom stereocenters. The lowest BCUT2D eigenvalue weighted by atomic mass is 10.1. The van der Waals surface area contributed by atoms with E-state index < -0.39 is 11.6 Å². The van der Waals surface area contributed by atoms with E-state index in [1.54, 1.807) is 12.3 Å². The third-order valence-electron chi connectivity index (χ3n) is 5.00. The Morgan fingerprint density at radius 2 is 1.88 bits per heavy atom. The average Bonchev–Trinajstić information content (AvgIpc) is 3.25. The molecule has 8 heteroatoms. The molecule has 32 heavy (non-hydrogen) atoms. The second-order valence-electron chi connectivity index (χ2n) is 7.40. The van der Waals surface area contributed by atoms with E-state index in [0.717, 1.165) is 27.8 Å². The first-order valence-corrected chi connectivity index (χ1v) is 10.2. The standard InChI is InChI=1S/C24H17ClFN5O/c1-14-9-15(25)11-16(10-14)27-20-3-2-4-21-18(20)6-7-22(28-21)23-13-31(30-29-23)17-5-8-24(32)19(26)12-17/h2-13,27,32H,1H3. The zero-order valence-corrected chi connectivity index (χ0v) is 17.7. The zero-order valence-electron chi connectivity index (χ0n) is 16.9. The second-order valence-corrected chi connectivity index (χ2v) is 7.83. The van der Waals surface area contributed by atoms with Gasteiger partial charge in [-0.1, -0.05) is 22.9 Å². The van der Waals surface area contributed by atoms with E-state index in [4.69, 9.17) is 16.6 Å². The highest BCUT2D eigenvalue weighted by molar-refractivity contribution is 6.31. The highest BCUT2D eigenvalue weighted by Gasteiger charge is 2.11. The number of fused-ring (bicyclic) bond motifs is 1. The van der Waals surface area contributed by atoms with E-state index in [9.17, 15) is 9.50 Å². The van der Waals surface area contributed by atoms with Crippen LogP contribution in [0.4, 0.5) is 15.8 Å². The summed E-state index contributed by atoms with van der Waals surface area (Å²) < 4.78 is 15.1. The lowest BCUT2D eigenvalue weighted by molar-refractivity contribution is 0.432. The van der Waals surface area contributed by atoms with Gasteiger partial charge in [0.2, 0.25) is 0 Å². The van der Waals surface area contributed by atoms with Gasteiger partial charge in [0.05, 0.1) is 23.1 Å². The van der Waals surface area contributed by atoms with Crippen LogP contribution in [-0.4, -0.2) is 25.1 Å². The summed E-state index contributed by atoms with van der Waals surface area (Å²) in [6, 6.07) is 19.5. The Balaban J connectivity index is 1.48. The van der Waals surface area contributed by atoms with Gasteiger partial charge in [0.1, 0.15) is 5.69 Å². The van der Waals surface area contributed by atoms with Crippen molar-refractivity contribution in [2.24, 2.45) is 0 Å². The van der Waals surface area contributed by atoms with E-state index >= 15 is 0 Å². The first-order valence-electron chi connectivity index (χ1n) is 9.82. The number of nitrogens with zero attached hydrogens (tertiary/aromatic N) is 4. The lowest BCUT2D eigenvalue weighted by Gasteiger charge is -2.11. The minimum absolute atomic E-state index is 0.414. The number of phenols is 1. The number of rotatable bonds is 4. The van der Waals surface area contributed by atoms with Crippen molar-refractivity contribution in [1.29, 1.82) is 0 Å². The van der Waals surface area contributed by atoms with E-state index in [2.05, 4.69) is 15.6 Å². The Hall–Kier alpha value is -3.97. The Labute approximate surface area is 187 Å². The van der Waals surface area contributed by atoms with E-state index in [0.29, 0.717) is 22.1 Å². The summed E-state index contributed by atoms with van der Waals surface area (Å²) in [5, 5.41) is 22.6. The maximum Gasteiger partial charge on any atom is 0.166 e. The van der Waals surface area contributed by atoms with Gasteiger partial charge >= 0.3 is 0 Å². The van der Waals surface area contributed by atoms with Gasteiger partial charge in [-0.15, -0.1) is 5.10 Å². The Morgan fingerprint density at radius 1 is 1.00 bits per heavy atom. The molecule has 0 atom stereocenters. The van der Waals surface area contributed by atoms with Crippen LogP contribution in [0.1, 0.15) is 5.56 Å². The van der Waals surface area contributed by atoms with E-state index in [1.165, 1.54) is 16.8 Å². The third-order valence-corrected chi connectivity index (χ3v) is 5.22. The Morgan fingerprint density at radius 3 is 2.69 bits per heavy atom. The summed E-state index contributed by atoms with van der Waals surface area (Å²) in [7, 11) is 0. The maximum atomic E-state index is 13.7. The quantitative estimate of drug-likeness (QED) is 0.353. The number of aromatic hydroxyl groups is 1. The van der Waals surface area contributed by atoms with Crippen LogP contribution in [0.3, 0.4) is 0 Å². The SMILES string of the molecule is Cc1cc(Cl)cc(Nc2cccc3nc(-c4cn(-c5ccc(O)c(F)c5)nn4)ccc23)c1. The van der Waals surface area contributed by atoms with Crippen LogP contribution >= 0.6 is 11.6 Å². The summed E-state index contributed by atoms with van der Waals surface area (Å²) in [6.07, 6.45) is 1.66. The fourth-order valence-corrected chi connectivity index (χ4v) is 3.81. The lowest BCUT2D eigenvalue weighted by Crippen LogP contribution is -1.95. The first-order chi connectivity index (χ1) is 15.5. The van der Waals surface area contributed by atoms with Crippen molar-refractivity contribution in [1.82, 2.24) is 20.0 Å². The summed E-state index contributed by atoms with van der Waals surface area (Å²) in [5.74, 6) is -1.14. The normalized spacial score (nSPS) is 11.1. The Bertz CT molecular complexity index is 1450. The highest BCUT2D eigenvalue weighted by atomic mass is 35.5. The van der Waals surface area contributed by atoms with Crippen LogP contribution in [0.2, 0.25) is 5.02 Å². The zero-order chi connectivity index (χ0) is 22.2. The molecule has 0 saturated carbocycles. The van der Waals surface area contributed by atoms with Gasteiger partial charge in [-0.3, -0.25) is 0 Å². The minimum atomic E-state index is -0.724. The topological polar surface area (TPSA) is 75.9 Å². The largest absolute Gasteiger partial charge is 0.505 e. The fourth-order valence-electron chi connectivity index (χ4n) is 3.52. The molecular weight excluding hydrogens is 429 g/mol. The van der Waals surface area contributed by atoms with Gasteiger partial charge in [-0.25, -0.2) is 14.1 Å². The molecule has 158 valence electrons. The molecule has 5 aromatic rings. The highest BCUT2D eigenvalue weighted by Crippen LogP contribution is 2.29. The van der Waals surface area contributed by atoms with Gasteiger partial charge in [0.25, 0.3) is 0 Å². The molecule has 0 aliphatic rings. The van der Waals surface area contributed by atoms with Gasteiger partial charge in [0.15, 0.2) is 11.6 Å². The number of phenolic OH excluding ortho intramolecular Hbond substituents is 1. The fraction of sp³-hybridized carbons (Fsp3) is 0.0417. The van der Waals surface area contributed by atoms with Crippen LogP contribution < -0.4 is 5.32 Å². The monoisotopic (exact) mass is 445 g/mol. The van der Waals surface area contributed by atoms with Crippen LogP contribution in [0, 0.1) is 12.7 Å². The third kappa shape index (κ3) is 3.86. The van der Waals surface area contributed by atoms with Crippen molar-refractivity contribution in [3.05, 3.63) is 89.3 Å². The van der Waals surface area contributed by atoms with Crippen LogP contribution in [-0.2, 0) is 0 Å². The van der Waals surface area contributed by atoms with Crippen molar-refractivity contribution in [2.45, 2.75) is 6.92 Å². The van der Waals surface area contributed by atoms with Crippen molar-refractivity contribution < 1.29 is 9.50 Å². The van der Waals surface area contributed by atoms with Crippen LogP contribution in [0.15, 0.2) is 72.9 Å². The average molecular weight is 446 g/mol. The van der Waals surface area contributed by atoms with Crippen LogP contribution in [0.25, 0.3) is 28.0 Å². The number of halogens is 2. The molecule has 0 bridgehead atoms. The van der Waals surface area contributed by atoms with Gasteiger partial charge < -0.3 is 10.4 Å². The van der Waals surface area contributed by atoms with Crippen molar-refractivity contribution >= 4 is 33.9 Å².